The Hall–Kier alpha value is -3.65. The van der Waals surface area contributed by atoms with E-state index in [1.807, 2.05) is 6.92 Å². The molecule has 12 nitrogen and oxygen atoms in total. The molecule has 0 unspecified atom stereocenters. The number of hydrogen-bond donors (Lipinski definition) is 3. The minimum atomic E-state index is -1.12. The lowest BCUT2D eigenvalue weighted by molar-refractivity contribution is -0.132. The van der Waals surface area contributed by atoms with Crippen LogP contribution in [-0.4, -0.2) is 66.8 Å². The number of thiazole rings is 2. The second-order valence-electron chi connectivity index (χ2n) is 10.8. The summed E-state index contributed by atoms with van der Waals surface area (Å²) < 4.78 is 5.48. The van der Waals surface area contributed by atoms with Crippen molar-refractivity contribution in [2.24, 2.45) is 0 Å². The summed E-state index contributed by atoms with van der Waals surface area (Å²) in [7, 11) is 0. The molecule has 0 bridgehead atoms. The van der Waals surface area contributed by atoms with Crippen LogP contribution in [0.4, 0.5) is 4.79 Å². The van der Waals surface area contributed by atoms with Crippen LogP contribution in [0.5, 0.6) is 0 Å². The van der Waals surface area contributed by atoms with Crippen LogP contribution in [0.25, 0.3) is 10.7 Å². The first-order chi connectivity index (χ1) is 18.8. The van der Waals surface area contributed by atoms with Crippen LogP contribution in [-0.2, 0) is 25.7 Å². The monoisotopic (exact) mass is 589 g/mol. The first kappa shape index (κ1) is 29.3. The number of ether oxygens (including phenoxy) is 1. The molecule has 214 valence electrons. The van der Waals surface area contributed by atoms with Crippen LogP contribution in [0.3, 0.4) is 0 Å². The lowest BCUT2D eigenvalue weighted by Crippen LogP contribution is -2.44. The van der Waals surface area contributed by atoms with Gasteiger partial charge in [-0.05, 0) is 53.4 Å². The molecule has 0 spiro atoms. The molecule has 4 rings (SSSR count). The van der Waals surface area contributed by atoms with Crippen LogP contribution in [0.1, 0.15) is 75.3 Å². The van der Waals surface area contributed by atoms with E-state index in [0.717, 1.165) is 11.3 Å². The highest BCUT2D eigenvalue weighted by atomic mass is 32.1. The van der Waals surface area contributed by atoms with Crippen molar-refractivity contribution < 1.29 is 33.8 Å². The molecule has 1 saturated heterocycles. The third-order valence-electron chi connectivity index (χ3n) is 6.35. The summed E-state index contributed by atoms with van der Waals surface area (Å²) in [6.07, 6.45) is 2.50. The van der Waals surface area contributed by atoms with E-state index in [0.29, 0.717) is 47.1 Å². The van der Waals surface area contributed by atoms with Crippen LogP contribution in [0.15, 0.2) is 22.5 Å². The van der Waals surface area contributed by atoms with Gasteiger partial charge in [-0.2, -0.15) is 0 Å². The zero-order valence-electron chi connectivity index (χ0n) is 22.6. The minimum absolute atomic E-state index is 0.0585. The fourth-order valence-electron chi connectivity index (χ4n) is 4.19. The molecule has 3 N–H and O–H groups in total. The Kier molecular flexibility index (Phi) is 8.40. The summed E-state index contributed by atoms with van der Waals surface area (Å²) >= 11 is 2.44. The van der Waals surface area contributed by atoms with Gasteiger partial charge < -0.3 is 20.5 Å². The van der Waals surface area contributed by atoms with Crippen molar-refractivity contribution in [2.45, 2.75) is 83.5 Å². The number of allylic oxidation sites excluding steroid dienone is 1. The van der Waals surface area contributed by atoms with E-state index >= 15 is 0 Å². The van der Waals surface area contributed by atoms with Crippen molar-refractivity contribution in [3.8, 4) is 10.7 Å². The first-order valence-corrected chi connectivity index (χ1v) is 14.5. The predicted molar refractivity (Wildman–Crippen MR) is 147 cm³/mol. The van der Waals surface area contributed by atoms with E-state index in [1.165, 1.54) is 27.7 Å². The number of carbonyl (C=O) groups is 5. The normalized spacial score (nSPS) is 18.9. The van der Waals surface area contributed by atoms with Crippen molar-refractivity contribution in [1.29, 1.82) is 0 Å². The highest BCUT2D eigenvalue weighted by molar-refractivity contribution is 7.14. The zero-order chi connectivity index (χ0) is 29.2. The van der Waals surface area contributed by atoms with Crippen molar-refractivity contribution in [3.05, 3.63) is 33.2 Å². The summed E-state index contributed by atoms with van der Waals surface area (Å²) in [5, 5.41) is 18.6. The molecule has 2 aromatic heterocycles. The molecule has 40 heavy (non-hydrogen) atoms. The second-order valence-corrected chi connectivity index (χ2v) is 12.6. The Bertz CT molecular complexity index is 1370. The number of aromatic nitrogens is 2. The van der Waals surface area contributed by atoms with Gasteiger partial charge in [-0.25, -0.2) is 19.6 Å². The third kappa shape index (κ3) is 7.10. The molecule has 2 fully saturated rings. The molecule has 1 aliphatic heterocycles. The SMILES string of the molecule is C[C@H]1CC/C(=C/C(=O)NC2(C(=O)CC(=O)NCc3nc(-c4nc(C(=O)O)cs4)cs3)CC2)N1C(=O)OC(C)(C)C. The smallest absolute Gasteiger partial charge is 0.414 e. The van der Waals surface area contributed by atoms with Crippen LogP contribution in [0, 0.1) is 0 Å². The number of aromatic carboxylic acids is 1. The first-order valence-electron chi connectivity index (χ1n) is 12.7. The molecule has 2 aromatic rings. The summed E-state index contributed by atoms with van der Waals surface area (Å²) in [4.78, 5) is 71.7. The van der Waals surface area contributed by atoms with Crippen molar-refractivity contribution >= 4 is 52.3 Å². The molecule has 1 atom stereocenters. The van der Waals surface area contributed by atoms with Gasteiger partial charge in [-0.1, -0.05) is 0 Å². The summed E-state index contributed by atoms with van der Waals surface area (Å²) in [6.45, 7) is 7.30. The summed E-state index contributed by atoms with van der Waals surface area (Å²) in [5.74, 6) is -2.49. The maximum Gasteiger partial charge on any atom is 0.414 e. The Morgan fingerprint density at radius 2 is 1.90 bits per heavy atom. The van der Waals surface area contributed by atoms with E-state index in [4.69, 9.17) is 9.84 Å². The molecule has 1 aliphatic carbocycles. The van der Waals surface area contributed by atoms with E-state index in [1.54, 1.807) is 26.2 Å². The highest BCUT2D eigenvalue weighted by Crippen LogP contribution is 2.38. The predicted octanol–water partition coefficient (Wildman–Crippen LogP) is 3.49. The van der Waals surface area contributed by atoms with Gasteiger partial charge in [0.1, 0.15) is 21.3 Å². The maximum absolute atomic E-state index is 12.9. The lowest BCUT2D eigenvalue weighted by atomic mass is 10.1. The fourth-order valence-corrected chi connectivity index (χ4v) is 5.74. The van der Waals surface area contributed by atoms with Gasteiger partial charge >= 0.3 is 12.1 Å². The van der Waals surface area contributed by atoms with Gasteiger partial charge in [0.2, 0.25) is 11.8 Å². The molecule has 3 heterocycles. The molecule has 0 aromatic carbocycles. The number of Topliss-reactive ketones (excluding diaryl/α,β-unsaturated/α-hetero) is 1. The number of amides is 3. The highest BCUT2D eigenvalue weighted by Gasteiger charge is 2.51. The van der Waals surface area contributed by atoms with E-state index < -0.39 is 41.4 Å². The topological polar surface area (TPSA) is 168 Å². The number of carboxylic acid groups (broad SMARTS) is 1. The fraction of sp³-hybridized carbons (Fsp3) is 0.500. The number of carbonyl (C=O) groups excluding carboxylic acids is 4. The minimum Gasteiger partial charge on any atom is -0.476 e. The van der Waals surface area contributed by atoms with Crippen molar-refractivity contribution in [1.82, 2.24) is 25.5 Å². The number of nitrogens with one attached hydrogen (secondary N) is 2. The Balaban J connectivity index is 1.29. The quantitative estimate of drug-likeness (QED) is 0.293. The second kappa shape index (κ2) is 11.5. The standard InChI is InChI=1S/C26H31N5O7S2/c1-14-5-6-15(31(14)24(37)38-25(2,3)4)9-20(34)30-26(7-8-26)18(32)10-19(33)27-11-21-28-16(12-39-21)22-29-17(13-40-22)23(35)36/h9,12-14H,5-8,10-11H2,1-4H3,(H,27,33)(H,30,34)(H,35,36)/b15-9-/t14-/m0/s1. The molecule has 14 heteroatoms. The zero-order valence-corrected chi connectivity index (χ0v) is 24.2. The average Bonchev–Trinajstić information content (AvgIpc) is 3.19. The molecular formula is C26H31N5O7S2. The van der Waals surface area contributed by atoms with E-state index in [-0.39, 0.29) is 24.1 Å². The number of likely N-dealkylation sites (tertiary alicyclic amines) is 1. The number of hydrogen-bond acceptors (Lipinski definition) is 10. The molecular weight excluding hydrogens is 558 g/mol. The number of rotatable bonds is 9. The van der Waals surface area contributed by atoms with Gasteiger partial charge in [-0.15, -0.1) is 22.7 Å². The maximum atomic E-state index is 12.9. The lowest BCUT2D eigenvalue weighted by Gasteiger charge is -2.28. The van der Waals surface area contributed by atoms with Gasteiger partial charge in [0.25, 0.3) is 0 Å². The van der Waals surface area contributed by atoms with Gasteiger partial charge in [-0.3, -0.25) is 19.3 Å². The Morgan fingerprint density at radius 1 is 1.18 bits per heavy atom. The summed E-state index contributed by atoms with van der Waals surface area (Å²) in [6, 6.07) is -0.119. The van der Waals surface area contributed by atoms with E-state index in [9.17, 15) is 24.0 Å². The largest absolute Gasteiger partial charge is 0.476 e. The van der Waals surface area contributed by atoms with Crippen molar-refractivity contribution in [2.75, 3.05) is 0 Å². The number of ketones is 1. The average molecular weight is 590 g/mol. The van der Waals surface area contributed by atoms with Gasteiger partial charge in [0, 0.05) is 28.6 Å². The molecule has 1 saturated carbocycles. The Morgan fingerprint density at radius 3 is 2.52 bits per heavy atom. The molecule has 0 radical (unpaired) electrons. The van der Waals surface area contributed by atoms with Gasteiger partial charge in [0.15, 0.2) is 11.5 Å². The van der Waals surface area contributed by atoms with Crippen LogP contribution in [0.2, 0.25) is 0 Å². The van der Waals surface area contributed by atoms with E-state index in [2.05, 4.69) is 20.6 Å². The third-order valence-corrected chi connectivity index (χ3v) is 8.07. The molecule has 2 aliphatic rings. The molecule has 3 amide bonds. The van der Waals surface area contributed by atoms with Gasteiger partial charge in [0.05, 0.1) is 18.5 Å². The van der Waals surface area contributed by atoms with Crippen LogP contribution < -0.4 is 10.6 Å². The Labute approximate surface area is 238 Å². The number of nitrogens with zero attached hydrogens (tertiary/aromatic N) is 3. The van der Waals surface area contributed by atoms with Crippen LogP contribution >= 0.6 is 22.7 Å². The summed E-state index contributed by atoms with van der Waals surface area (Å²) in [5.41, 5.74) is -0.782. The van der Waals surface area contributed by atoms with Crippen molar-refractivity contribution in [3.63, 3.8) is 0 Å². The number of carboxylic acids is 1.